The van der Waals surface area contributed by atoms with Gasteiger partial charge in [0.25, 0.3) is 0 Å². The first-order chi connectivity index (χ1) is 9.75. The van der Waals surface area contributed by atoms with Crippen molar-refractivity contribution in [1.82, 2.24) is 5.43 Å². The molecule has 3 nitrogen and oxygen atoms in total. The molecule has 5 heteroatoms. The van der Waals surface area contributed by atoms with E-state index >= 15 is 0 Å². The monoisotopic (exact) mass is 302 g/mol. The molecule has 0 unspecified atom stereocenters. The molecule has 0 amide bonds. The first kappa shape index (κ1) is 14.6. The fraction of sp³-hybridized carbons (Fsp3) is 0.0667. The van der Waals surface area contributed by atoms with Crippen molar-refractivity contribution in [2.75, 3.05) is 0 Å². The van der Waals surface area contributed by atoms with E-state index in [1.165, 1.54) is 17.3 Å². The van der Waals surface area contributed by atoms with E-state index in [0.29, 0.717) is 9.88 Å². The Balaban J connectivity index is 1.79. The highest BCUT2D eigenvalue weighted by atomic mass is 32.2. The third kappa shape index (κ3) is 4.68. The average Bonchev–Trinajstić information content (AvgIpc) is 2.48. The standard InChI is InChI=1S/C15H14N2OS2/c18-14-9-5-4-8-13(14)10-16-17-15(19)20-11-12-6-2-1-3-7-12/h1-10,18H,11H2,(H,17,19). The van der Waals surface area contributed by atoms with Crippen molar-refractivity contribution >= 4 is 34.5 Å². The smallest absolute Gasteiger partial charge is 0.154 e. The first-order valence-electron chi connectivity index (χ1n) is 6.03. The molecule has 0 heterocycles. The molecule has 0 aliphatic heterocycles. The summed E-state index contributed by atoms with van der Waals surface area (Å²) in [5.74, 6) is 1.000. The van der Waals surface area contributed by atoms with Gasteiger partial charge in [-0.2, -0.15) is 5.10 Å². The van der Waals surface area contributed by atoms with Crippen LogP contribution in [-0.2, 0) is 5.75 Å². The lowest BCUT2D eigenvalue weighted by molar-refractivity contribution is 0.474. The summed E-state index contributed by atoms with van der Waals surface area (Å²) in [6, 6.07) is 17.1. The molecule has 0 aromatic heterocycles. The van der Waals surface area contributed by atoms with Crippen LogP contribution in [0.15, 0.2) is 59.7 Å². The zero-order chi connectivity index (χ0) is 14.2. The fourth-order valence-corrected chi connectivity index (χ4v) is 2.34. The lowest BCUT2D eigenvalue weighted by atomic mass is 10.2. The predicted molar refractivity (Wildman–Crippen MR) is 89.2 cm³/mol. The molecule has 0 radical (unpaired) electrons. The number of para-hydroxylation sites is 1. The van der Waals surface area contributed by atoms with Gasteiger partial charge < -0.3 is 5.11 Å². The Morgan fingerprint density at radius 3 is 2.60 bits per heavy atom. The molecule has 0 spiro atoms. The van der Waals surface area contributed by atoms with Crippen LogP contribution < -0.4 is 5.43 Å². The first-order valence-corrected chi connectivity index (χ1v) is 7.43. The number of nitrogens with zero attached hydrogens (tertiary/aromatic N) is 1. The Morgan fingerprint density at radius 2 is 1.85 bits per heavy atom. The second-order valence-electron chi connectivity index (χ2n) is 3.99. The Morgan fingerprint density at radius 1 is 1.15 bits per heavy atom. The van der Waals surface area contributed by atoms with E-state index in [1.807, 2.05) is 24.3 Å². The summed E-state index contributed by atoms with van der Waals surface area (Å²) in [7, 11) is 0. The molecule has 102 valence electrons. The van der Waals surface area contributed by atoms with Gasteiger partial charge in [-0.3, -0.25) is 5.43 Å². The van der Waals surface area contributed by atoms with E-state index in [1.54, 1.807) is 24.4 Å². The summed E-state index contributed by atoms with van der Waals surface area (Å²) in [4.78, 5) is 0. The number of aromatic hydroxyl groups is 1. The highest BCUT2D eigenvalue weighted by Gasteiger charge is 1.98. The Hall–Kier alpha value is -1.85. The Labute approximate surface area is 127 Å². The zero-order valence-electron chi connectivity index (χ0n) is 10.7. The summed E-state index contributed by atoms with van der Waals surface area (Å²) < 4.78 is 0.598. The highest BCUT2D eigenvalue weighted by molar-refractivity contribution is 8.22. The number of hydrogen-bond donors (Lipinski definition) is 2. The van der Waals surface area contributed by atoms with Gasteiger partial charge in [0.2, 0.25) is 0 Å². The van der Waals surface area contributed by atoms with Crippen molar-refractivity contribution in [1.29, 1.82) is 0 Å². The molecule has 2 aromatic rings. The number of nitrogens with one attached hydrogen (secondary N) is 1. The van der Waals surface area contributed by atoms with Crippen LogP contribution in [0.25, 0.3) is 0 Å². The SMILES string of the molecule is Oc1ccccc1C=NNC(=S)SCc1ccccc1. The molecular formula is C15H14N2OS2. The van der Waals surface area contributed by atoms with Crippen molar-refractivity contribution in [3.05, 3.63) is 65.7 Å². The van der Waals surface area contributed by atoms with Crippen molar-refractivity contribution in [2.45, 2.75) is 5.75 Å². The van der Waals surface area contributed by atoms with Gasteiger partial charge in [0.1, 0.15) is 5.75 Å². The van der Waals surface area contributed by atoms with Crippen LogP contribution in [0.5, 0.6) is 5.75 Å². The maximum Gasteiger partial charge on any atom is 0.154 e. The molecular weight excluding hydrogens is 288 g/mol. The molecule has 0 saturated carbocycles. The zero-order valence-corrected chi connectivity index (χ0v) is 12.3. The van der Waals surface area contributed by atoms with Crippen LogP contribution in [0, 0.1) is 0 Å². The lowest BCUT2D eigenvalue weighted by Crippen LogP contribution is -2.11. The summed E-state index contributed by atoms with van der Waals surface area (Å²) in [5.41, 5.74) is 4.64. The van der Waals surface area contributed by atoms with E-state index < -0.39 is 0 Å². The van der Waals surface area contributed by atoms with Gasteiger partial charge in [0.15, 0.2) is 4.32 Å². The largest absolute Gasteiger partial charge is 0.507 e. The lowest BCUT2D eigenvalue weighted by Gasteiger charge is -2.03. The van der Waals surface area contributed by atoms with Gasteiger partial charge in [-0.15, -0.1) is 0 Å². The number of hydrazone groups is 1. The number of rotatable bonds is 4. The van der Waals surface area contributed by atoms with Gasteiger partial charge in [0, 0.05) is 11.3 Å². The fourth-order valence-electron chi connectivity index (χ4n) is 1.51. The van der Waals surface area contributed by atoms with Crippen LogP contribution in [0.4, 0.5) is 0 Å². The highest BCUT2D eigenvalue weighted by Crippen LogP contribution is 2.14. The summed E-state index contributed by atoms with van der Waals surface area (Å²) in [6.07, 6.45) is 1.55. The van der Waals surface area contributed by atoms with Crippen molar-refractivity contribution in [3.63, 3.8) is 0 Å². The summed E-state index contributed by atoms with van der Waals surface area (Å²) >= 11 is 6.69. The minimum Gasteiger partial charge on any atom is -0.507 e. The maximum absolute atomic E-state index is 9.57. The number of benzene rings is 2. The van der Waals surface area contributed by atoms with E-state index in [-0.39, 0.29) is 5.75 Å². The minimum absolute atomic E-state index is 0.195. The molecule has 0 saturated heterocycles. The van der Waals surface area contributed by atoms with E-state index in [2.05, 4.69) is 22.7 Å². The number of thioether (sulfide) groups is 1. The van der Waals surface area contributed by atoms with Gasteiger partial charge in [-0.05, 0) is 17.7 Å². The van der Waals surface area contributed by atoms with Gasteiger partial charge in [0.05, 0.1) is 6.21 Å². The molecule has 2 rings (SSSR count). The van der Waals surface area contributed by atoms with Gasteiger partial charge in [-0.1, -0.05) is 66.4 Å². The maximum atomic E-state index is 9.57. The minimum atomic E-state index is 0.195. The predicted octanol–water partition coefficient (Wildman–Crippen LogP) is 3.53. The molecule has 20 heavy (non-hydrogen) atoms. The van der Waals surface area contributed by atoms with Crippen LogP contribution in [0.2, 0.25) is 0 Å². The Kier molecular flexibility index (Phi) is 5.58. The molecule has 0 fully saturated rings. The number of thiocarbonyl (C=S) groups is 1. The third-order valence-electron chi connectivity index (χ3n) is 2.51. The second kappa shape index (κ2) is 7.67. The molecule has 0 atom stereocenters. The van der Waals surface area contributed by atoms with Crippen LogP contribution in [-0.4, -0.2) is 15.6 Å². The van der Waals surface area contributed by atoms with Crippen molar-refractivity contribution in [2.24, 2.45) is 5.10 Å². The van der Waals surface area contributed by atoms with Crippen LogP contribution >= 0.6 is 24.0 Å². The molecule has 0 bridgehead atoms. The quantitative estimate of drug-likeness (QED) is 0.515. The summed E-state index contributed by atoms with van der Waals surface area (Å²) in [6.45, 7) is 0. The molecule has 2 N–H and O–H groups in total. The van der Waals surface area contributed by atoms with Crippen molar-refractivity contribution < 1.29 is 5.11 Å². The molecule has 0 aliphatic rings. The van der Waals surface area contributed by atoms with Crippen LogP contribution in [0.1, 0.15) is 11.1 Å². The normalized spacial score (nSPS) is 10.6. The number of phenols is 1. The molecule has 0 aliphatic carbocycles. The number of phenolic OH excluding ortho intramolecular Hbond substituents is 1. The van der Waals surface area contributed by atoms with Gasteiger partial charge >= 0.3 is 0 Å². The van der Waals surface area contributed by atoms with E-state index in [9.17, 15) is 5.11 Å². The average molecular weight is 302 g/mol. The van der Waals surface area contributed by atoms with E-state index in [0.717, 1.165) is 5.75 Å². The summed E-state index contributed by atoms with van der Waals surface area (Å²) in [5, 5.41) is 13.6. The van der Waals surface area contributed by atoms with Gasteiger partial charge in [-0.25, -0.2) is 0 Å². The Bertz CT molecular complexity index is 600. The third-order valence-corrected chi connectivity index (χ3v) is 3.78. The van der Waals surface area contributed by atoms with Crippen molar-refractivity contribution in [3.8, 4) is 5.75 Å². The molecule has 2 aromatic carbocycles. The second-order valence-corrected chi connectivity index (χ2v) is 5.64. The van der Waals surface area contributed by atoms with Crippen LogP contribution in [0.3, 0.4) is 0 Å². The number of hydrogen-bond acceptors (Lipinski definition) is 4. The topological polar surface area (TPSA) is 44.6 Å². The van der Waals surface area contributed by atoms with E-state index in [4.69, 9.17) is 12.2 Å².